The molecule has 0 aromatic carbocycles. The number of rotatable bonds is 4. The summed E-state index contributed by atoms with van der Waals surface area (Å²) in [5.41, 5.74) is -0.365. The SMILES string of the molecule is CC1(C)CN(C(=O)CCC2CCNC2)CC(CO)O1. The Morgan fingerprint density at radius 3 is 2.95 bits per heavy atom. The highest BCUT2D eigenvalue weighted by Gasteiger charge is 2.35. The number of carbonyl (C=O) groups is 1. The number of aliphatic hydroxyl groups is 1. The third-order valence-electron chi connectivity index (χ3n) is 3.97. The Balaban J connectivity index is 1.83. The van der Waals surface area contributed by atoms with Gasteiger partial charge in [0.2, 0.25) is 5.91 Å². The van der Waals surface area contributed by atoms with Gasteiger partial charge >= 0.3 is 0 Å². The Hall–Kier alpha value is -0.650. The second-order valence-corrected chi connectivity index (χ2v) is 6.35. The van der Waals surface area contributed by atoms with Crippen LogP contribution in [-0.4, -0.2) is 60.4 Å². The van der Waals surface area contributed by atoms with Gasteiger partial charge in [-0.05, 0) is 45.7 Å². The van der Waals surface area contributed by atoms with E-state index < -0.39 is 0 Å². The number of hydrogen-bond acceptors (Lipinski definition) is 4. The van der Waals surface area contributed by atoms with Crippen LogP contribution in [0.3, 0.4) is 0 Å². The molecule has 19 heavy (non-hydrogen) atoms. The first-order valence-electron chi connectivity index (χ1n) is 7.27. The van der Waals surface area contributed by atoms with Crippen LogP contribution >= 0.6 is 0 Å². The van der Waals surface area contributed by atoms with Gasteiger partial charge in [-0.1, -0.05) is 0 Å². The molecule has 0 radical (unpaired) electrons. The van der Waals surface area contributed by atoms with E-state index in [2.05, 4.69) is 5.32 Å². The molecule has 5 heteroatoms. The van der Waals surface area contributed by atoms with Crippen LogP contribution in [0, 0.1) is 5.92 Å². The zero-order chi connectivity index (χ0) is 13.9. The van der Waals surface area contributed by atoms with Crippen LogP contribution < -0.4 is 5.32 Å². The van der Waals surface area contributed by atoms with Crippen molar-refractivity contribution in [2.45, 2.75) is 44.8 Å². The van der Waals surface area contributed by atoms with Crippen LogP contribution in [-0.2, 0) is 9.53 Å². The minimum Gasteiger partial charge on any atom is -0.394 e. The van der Waals surface area contributed by atoms with Crippen LogP contribution in [0.4, 0.5) is 0 Å². The smallest absolute Gasteiger partial charge is 0.222 e. The first-order valence-corrected chi connectivity index (χ1v) is 7.27. The summed E-state index contributed by atoms with van der Waals surface area (Å²) in [6.07, 6.45) is 2.51. The van der Waals surface area contributed by atoms with Crippen LogP contribution in [0.15, 0.2) is 0 Å². The maximum absolute atomic E-state index is 12.3. The average molecular weight is 270 g/mol. The molecule has 2 aliphatic rings. The van der Waals surface area contributed by atoms with Crippen molar-refractivity contribution < 1.29 is 14.6 Å². The Labute approximate surface area is 115 Å². The van der Waals surface area contributed by atoms with E-state index >= 15 is 0 Å². The van der Waals surface area contributed by atoms with Crippen molar-refractivity contribution in [1.29, 1.82) is 0 Å². The van der Waals surface area contributed by atoms with Crippen LogP contribution in [0.2, 0.25) is 0 Å². The van der Waals surface area contributed by atoms with Gasteiger partial charge in [-0.3, -0.25) is 4.79 Å². The summed E-state index contributed by atoms with van der Waals surface area (Å²) in [5.74, 6) is 0.841. The Morgan fingerprint density at radius 1 is 1.53 bits per heavy atom. The Kier molecular flexibility index (Phi) is 4.81. The predicted molar refractivity (Wildman–Crippen MR) is 72.8 cm³/mol. The van der Waals surface area contributed by atoms with Crippen molar-refractivity contribution in [1.82, 2.24) is 10.2 Å². The Morgan fingerprint density at radius 2 is 2.32 bits per heavy atom. The van der Waals surface area contributed by atoms with E-state index in [1.165, 1.54) is 6.42 Å². The largest absolute Gasteiger partial charge is 0.394 e. The molecule has 0 saturated carbocycles. The van der Waals surface area contributed by atoms with Crippen molar-refractivity contribution in [3.05, 3.63) is 0 Å². The molecule has 1 amide bonds. The highest BCUT2D eigenvalue weighted by molar-refractivity contribution is 5.76. The molecule has 2 saturated heterocycles. The van der Waals surface area contributed by atoms with E-state index in [9.17, 15) is 9.90 Å². The van der Waals surface area contributed by atoms with Gasteiger partial charge in [0.15, 0.2) is 0 Å². The lowest BCUT2D eigenvalue weighted by Gasteiger charge is -2.42. The predicted octanol–water partition coefficient (Wildman–Crippen LogP) is 0.374. The highest BCUT2D eigenvalue weighted by atomic mass is 16.5. The third kappa shape index (κ3) is 4.16. The molecule has 2 fully saturated rings. The van der Waals surface area contributed by atoms with Crippen molar-refractivity contribution >= 4 is 5.91 Å². The standard InChI is InChI=1S/C14H26N2O3/c1-14(2)10-16(8-12(9-17)19-14)13(18)4-3-11-5-6-15-7-11/h11-12,15,17H,3-10H2,1-2H3. The summed E-state index contributed by atoms with van der Waals surface area (Å²) in [5, 5.41) is 12.6. The quantitative estimate of drug-likeness (QED) is 0.775. The number of ether oxygens (including phenoxy) is 1. The molecule has 0 aliphatic carbocycles. The first kappa shape index (κ1) is 14.8. The lowest BCUT2D eigenvalue weighted by molar-refractivity contribution is -0.167. The van der Waals surface area contributed by atoms with Gasteiger partial charge in [-0.15, -0.1) is 0 Å². The molecule has 0 spiro atoms. The highest BCUT2D eigenvalue weighted by Crippen LogP contribution is 2.22. The molecule has 2 atom stereocenters. The summed E-state index contributed by atoms with van der Waals surface area (Å²) >= 11 is 0. The summed E-state index contributed by atoms with van der Waals surface area (Å²) in [7, 11) is 0. The number of carbonyl (C=O) groups excluding carboxylic acids is 1. The minimum absolute atomic E-state index is 0.0280. The molecule has 0 aromatic rings. The average Bonchev–Trinajstić information content (AvgIpc) is 2.87. The van der Waals surface area contributed by atoms with Crippen molar-refractivity contribution in [2.75, 3.05) is 32.8 Å². The molecule has 110 valence electrons. The van der Waals surface area contributed by atoms with Gasteiger partial charge in [0.25, 0.3) is 0 Å². The number of amides is 1. The first-order chi connectivity index (χ1) is 9.00. The zero-order valence-electron chi connectivity index (χ0n) is 12.0. The van der Waals surface area contributed by atoms with Gasteiger partial charge in [-0.25, -0.2) is 0 Å². The molecule has 5 nitrogen and oxygen atoms in total. The second kappa shape index (κ2) is 6.20. The van der Waals surface area contributed by atoms with Gasteiger partial charge < -0.3 is 20.1 Å². The van der Waals surface area contributed by atoms with Gasteiger partial charge in [0.1, 0.15) is 0 Å². The number of aliphatic hydroxyl groups excluding tert-OH is 1. The molecule has 2 aliphatic heterocycles. The number of hydrogen-bond donors (Lipinski definition) is 2. The van der Waals surface area contributed by atoms with E-state index in [0.29, 0.717) is 25.4 Å². The number of nitrogens with one attached hydrogen (secondary N) is 1. The van der Waals surface area contributed by atoms with Crippen molar-refractivity contribution in [3.8, 4) is 0 Å². The number of morpholine rings is 1. The van der Waals surface area contributed by atoms with Crippen LogP contribution in [0.25, 0.3) is 0 Å². The zero-order valence-corrected chi connectivity index (χ0v) is 12.0. The fourth-order valence-corrected chi connectivity index (χ4v) is 3.03. The molecular weight excluding hydrogens is 244 g/mol. The van der Waals surface area contributed by atoms with Crippen molar-refractivity contribution in [2.24, 2.45) is 5.92 Å². The van der Waals surface area contributed by atoms with Gasteiger partial charge in [0, 0.05) is 19.5 Å². The lowest BCUT2D eigenvalue weighted by Crippen LogP contribution is -2.55. The van der Waals surface area contributed by atoms with E-state index in [4.69, 9.17) is 4.74 Å². The third-order valence-corrected chi connectivity index (χ3v) is 3.97. The molecule has 2 N–H and O–H groups in total. The van der Waals surface area contributed by atoms with E-state index in [1.807, 2.05) is 18.7 Å². The lowest BCUT2D eigenvalue weighted by atomic mass is 10.0. The molecule has 0 aromatic heterocycles. The van der Waals surface area contributed by atoms with E-state index in [-0.39, 0.29) is 24.2 Å². The number of nitrogens with zero attached hydrogens (tertiary/aromatic N) is 1. The molecule has 2 rings (SSSR count). The van der Waals surface area contributed by atoms with Gasteiger partial charge in [0.05, 0.1) is 18.3 Å². The maximum Gasteiger partial charge on any atom is 0.222 e. The van der Waals surface area contributed by atoms with Crippen LogP contribution in [0.1, 0.15) is 33.1 Å². The Bertz CT molecular complexity index is 314. The fourth-order valence-electron chi connectivity index (χ4n) is 3.03. The topological polar surface area (TPSA) is 61.8 Å². The van der Waals surface area contributed by atoms with Crippen molar-refractivity contribution in [3.63, 3.8) is 0 Å². The van der Waals surface area contributed by atoms with E-state index in [0.717, 1.165) is 19.5 Å². The normalized spacial score (nSPS) is 30.6. The fraction of sp³-hybridized carbons (Fsp3) is 0.929. The van der Waals surface area contributed by atoms with Gasteiger partial charge in [-0.2, -0.15) is 0 Å². The van der Waals surface area contributed by atoms with E-state index in [1.54, 1.807) is 0 Å². The molecule has 2 unspecified atom stereocenters. The molecule has 2 heterocycles. The molecular formula is C14H26N2O3. The minimum atomic E-state index is -0.365. The summed E-state index contributed by atoms with van der Waals surface area (Å²) in [6, 6.07) is 0. The summed E-state index contributed by atoms with van der Waals surface area (Å²) in [4.78, 5) is 14.1. The molecule has 0 bridgehead atoms. The summed E-state index contributed by atoms with van der Waals surface area (Å²) in [6.45, 7) is 7.16. The second-order valence-electron chi connectivity index (χ2n) is 6.35. The van der Waals surface area contributed by atoms with Crippen LogP contribution in [0.5, 0.6) is 0 Å². The summed E-state index contributed by atoms with van der Waals surface area (Å²) < 4.78 is 5.73. The maximum atomic E-state index is 12.3. The monoisotopic (exact) mass is 270 g/mol.